The van der Waals surface area contributed by atoms with E-state index < -0.39 is 0 Å². The van der Waals surface area contributed by atoms with E-state index in [9.17, 15) is 4.79 Å². The molecule has 0 aliphatic carbocycles. The van der Waals surface area contributed by atoms with E-state index in [0.717, 1.165) is 23.2 Å². The Kier molecular flexibility index (Phi) is 4.45. The van der Waals surface area contributed by atoms with Crippen molar-refractivity contribution >= 4 is 23.1 Å². The van der Waals surface area contributed by atoms with E-state index in [-0.39, 0.29) is 5.78 Å². The van der Waals surface area contributed by atoms with Crippen molar-refractivity contribution < 1.29 is 4.79 Å². The van der Waals surface area contributed by atoms with E-state index in [1.54, 1.807) is 12.1 Å². The number of carbonyl (C=O) groups excluding carboxylic acids is 1. The van der Waals surface area contributed by atoms with Gasteiger partial charge in [0.15, 0.2) is 5.78 Å². The second-order valence-corrected chi connectivity index (χ2v) is 5.79. The molecule has 0 amide bonds. The van der Waals surface area contributed by atoms with Crippen LogP contribution in [0.2, 0.25) is 5.02 Å². The first-order chi connectivity index (χ1) is 11.1. The Morgan fingerprint density at radius 3 is 2.22 bits per heavy atom. The summed E-state index contributed by atoms with van der Waals surface area (Å²) >= 11 is 6.09. The van der Waals surface area contributed by atoms with Crippen molar-refractivity contribution in [3.63, 3.8) is 0 Å². The maximum atomic E-state index is 12.5. The number of benzene rings is 3. The summed E-state index contributed by atoms with van der Waals surface area (Å²) in [5.41, 5.74) is 10.1. The summed E-state index contributed by atoms with van der Waals surface area (Å²) < 4.78 is 0. The predicted molar refractivity (Wildman–Crippen MR) is 95.0 cm³/mol. The van der Waals surface area contributed by atoms with Crippen molar-refractivity contribution in [3.8, 4) is 0 Å². The number of ketones is 1. The van der Waals surface area contributed by atoms with Gasteiger partial charge in [-0.3, -0.25) is 4.79 Å². The first kappa shape index (κ1) is 15.3. The van der Waals surface area contributed by atoms with Gasteiger partial charge in [0.2, 0.25) is 0 Å². The summed E-state index contributed by atoms with van der Waals surface area (Å²) in [5.74, 6) is -0.0682. The van der Waals surface area contributed by atoms with Crippen LogP contribution >= 0.6 is 11.6 Å². The molecule has 2 nitrogen and oxygen atoms in total. The Bertz CT molecular complexity index is 840. The number of carbonyl (C=O) groups is 1. The molecule has 3 aromatic rings. The van der Waals surface area contributed by atoms with Crippen molar-refractivity contribution in [1.29, 1.82) is 0 Å². The molecule has 3 heteroatoms. The highest BCUT2D eigenvalue weighted by molar-refractivity contribution is 6.34. The molecule has 0 saturated carbocycles. The number of nitrogen functional groups attached to an aromatic ring is 1. The smallest absolute Gasteiger partial charge is 0.194 e. The minimum atomic E-state index is -0.0682. The van der Waals surface area contributed by atoms with Crippen LogP contribution in [0.4, 0.5) is 5.69 Å². The van der Waals surface area contributed by atoms with Gasteiger partial charge in [-0.2, -0.15) is 0 Å². The molecule has 2 N–H and O–H groups in total. The molecule has 0 radical (unpaired) electrons. The molecule has 0 atom stereocenters. The van der Waals surface area contributed by atoms with Crippen molar-refractivity contribution in [2.75, 3.05) is 5.73 Å². The molecule has 3 aromatic carbocycles. The summed E-state index contributed by atoms with van der Waals surface area (Å²) in [4.78, 5) is 12.5. The Morgan fingerprint density at radius 2 is 1.52 bits per heavy atom. The molecular weight excluding hydrogens is 306 g/mol. The van der Waals surface area contributed by atoms with Crippen molar-refractivity contribution in [2.24, 2.45) is 0 Å². The molecule has 23 heavy (non-hydrogen) atoms. The molecule has 0 unspecified atom stereocenters. The van der Waals surface area contributed by atoms with Crippen LogP contribution in [0.25, 0.3) is 0 Å². The van der Waals surface area contributed by atoms with Gasteiger partial charge in [0, 0.05) is 16.8 Å². The van der Waals surface area contributed by atoms with E-state index in [0.29, 0.717) is 16.1 Å². The van der Waals surface area contributed by atoms with Crippen LogP contribution in [0.15, 0.2) is 72.8 Å². The van der Waals surface area contributed by atoms with Gasteiger partial charge in [0.05, 0.1) is 5.02 Å². The number of halogens is 1. The van der Waals surface area contributed by atoms with E-state index >= 15 is 0 Å². The molecule has 0 bridgehead atoms. The number of nitrogens with two attached hydrogens (primary N) is 1. The monoisotopic (exact) mass is 321 g/mol. The van der Waals surface area contributed by atoms with E-state index in [2.05, 4.69) is 0 Å². The van der Waals surface area contributed by atoms with Crippen molar-refractivity contribution in [3.05, 3.63) is 100 Å². The summed E-state index contributed by atoms with van der Waals surface area (Å²) in [6, 6.07) is 22.5. The third kappa shape index (κ3) is 3.43. The third-order valence-corrected chi connectivity index (χ3v) is 4.11. The van der Waals surface area contributed by atoms with E-state index in [1.807, 2.05) is 60.7 Å². The largest absolute Gasteiger partial charge is 0.398 e. The molecule has 3 rings (SSSR count). The van der Waals surface area contributed by atoms with Gasteiger partial charge >= 0.3 is 0 Å². The molecule has 0 heterocycles. The number of anilines is 1. The van der Waals surface area contributed by atoms with Crippen LogP contribution in [0, 0.1) is 0 Å². The molecule has 0 spiro atoms. The fourth-order valence-electron chi connectivity index (χ4n) is 2.49. The number of hydrogen-bond donors (Lipinski definition) is 1. The second-order valence-electron chi connectivity index (χ2n) is 5.38. The average Bonchev–Trinajstić information content (AvgIpc) is 2.57. The zero-order valence-electron chi connectivity index (χ0n) is 12.5. The van der Waals surface area contributed by atoms with Crippen LogP contribution in [0.5, 0.6) is 0 Å². The van der Waals surface area contributed by atoms with Gasteiger partial charge in [-0.15, -0.1) is 0 Å². The van der Waals surface area contributed by atoms with Crippen LogP contribution in [-0.2, 0) is 6.42 Å². The fourth-order valence-corrected chi connectivity index (χ4v) is 2.71. The lowest BCUT2D eigenvalue weighted by atomic mass is 9.99. The maximum Gasteiger partial charge on any atom is 0.194 e. The molecule has 0 saturated heterocycles. The predicted octanol–water partition coefficient (Wildman–Crippen LogP) is 4.74. The molecule has 0 aliphatic heterocycles. The Morgan fingerprint density at radius 1 is 0.870 bits per heavy atom. The fraction of sp³-hybridized carbons (Fsp3) is 0.0500. The molecule has 0 aromatic heterocycles. The van der Waals surface area contributed by atoms with Gasteiger partial charge in [0.1, 0.15) is 0 Å². The minimum Gasteiger partial charge on any atom is -0.398 e. The minimum absolute atomic E-state index is 0.0682. The standard InChI is InChI=1S/C20H16ClNO/c21-18-7-3-2-6-17(18)20(23)15-11-9-14(10-12-15)13-16-5-1-4-8-19(16)22/h1-12H,13,22H2. The highest BCUT2D eigenvalue weighted by Crippen LogP contribution is 2.21. The zero-order valence-corrected chi connectivity index (χ0v) is 13.3. The first-order valence-electron chi connectivity index (χ1n) is 7.36. The Labute approximate surface area is 140 Å². The highest BCUT2D eigenvalue weighted by Gasteiger charge is 2.12. The van der Waals surface area contributed by atoms with E-state index in [4.69, 9.17) is 17.3 Å². The highest BCUT2D eigenvalue weighted by atomic mass is 35.5. The third-order valence-electron chi connectivity index (χ3n) is 3.78. The number of rotatable bonds is 4. The lowest BCUT2D eigenvalue weighted by molar-refractivity contribution is 0.103. The quantitative estimate of drug-likeness (QED) is 0.557. The van der Waals surface area contributed by atoms with Crippen LogP contribution < -0.4 is 5.73 Å². The van der Waals surface area contributed by atoms with Crippen molar-refractivity contribution in [2.45, 2.75) is 6.42 Å². The van der Waals surface area contributed by atoms with Crippen LogP contribution in [-0.4, -0.2) is 5.78 Å². The summed E-state index contributed by atoms with van der Waals surface area (Å²) in [6.45, 7) is 0. The number of para-hydroxylation sites is 1. The topological polar surface area (TPSA) is 43.1 Å². The lowest BCUT2D eigenvalue weighted by Crippen LogP contribution is -2.02. The Hall–Kier alpha value is -2.58. The van der Waals surface area contributed by atoms with E-state index in [1.165, 1.54) is 0 Å². The second kappa shape index (κ2) is 6.67. The molecule has 0 fully saturated rings. The SMILES string of the molecule is Nc1ccccc1Cc1ccc(C(=O)c2ccccc2Cl)cc1. The first-order valence-corrected chi connectivity index (χ1v) is 7.74. The molecule has 114 valence electrons. The van der Waals surface area contributed by atoms with Gasteiger partial charge in [-0.1, -0.05) is 66.2 Å². The van der Waals surface area contributed by atoms with Gasteiger partial charge in [0.25, 0.3) is 0 Å². The average molecular weight is 322 g/mol. The molecule has 0 aliphatic rings. The summed E-state index contributed by atoms with van der Waals surface area (Å²) in [7, 11) is 0. The van der Waals surface area contributed by atoms with Crippen LogP contribution in [0.1, 0.15) is 27.0 Å². The van der Waals surface area contributed by atoms with Gasteiger partial charge < -0.3 is 5.73 Å². The number of hydrogen-bond acceptors (Lipinski definition) is 2. The molecular formula is C20H16ClNO. The summed E-state index contributed by atoms with van der Waals surface area (Å²) in [6.07, 6.45) is 0.743. The van der Waals surface area contributed by atoms with Gasteiger partial charge in [-0.25, -0.2) is 0 Å². The van der Waals surface area contributed by atoms with Crippen LogP contribution in [0.3, 0.4) is 0 Å². The van der Waals surface area contributed by atoms with Crippen molar-refractivity contribution in [1.82, 2.24) is 0 Å². The van der Waals surface area contributed by atoms with Gasteiger partial charge in [-0.05, 0) is 35.7 Å². The lowest BCUT2D eigenvalue weighted by Gasteiger charge is -2.07. The Balaban J connectivity index is 1.81. The summed E-state index contributed by atoms with van der Waals surface area (Å²) in [5, 5.41) is 0.471. The normalized spacial score (nSPS) is 10.5. The zero-order chi connectivity index (χ0) is 16.2. The maximum absolute atomic E-state index is 12.5.